The molecule has 2 aromatic heterocycles. The number of anilines is 2. The van der Waals surface area contributed by atoms with Gasteiger partial charge < -0.3 is 15.0 Å². The molecule has 1 unspecified atom stereocenters. The van der Waals surface area contributed by atoms with Gasteiger partial charge in [0.1, 0.15) is 24.5 Å². The van der Waals surface area contributed by atoms with Gasteiger partial charge in [-0.15, -0.1) is 0 Å². The maximum atomic E-state index is 6.00. The van der Waals surface area contributed by atoms with Gasteiger partial charge in [0.05, 0.1) is 6.04 Å². The summed E-state index contributed by atoms with van der Waals surface area (Å²) in [6, 6.07) is 10.3. The van der Waals surface area contributed by atoms with Crippen LogP contribution in [0.15, 0.2) is 42.9 Å². The predicted octanol–water partition coefficient (Wildman–Crippen LogP) is 2.21. The second-order valence-corrected chi connectivity index (χ2v) is 5.85. The molecule has 1 fully saturated rings. The van der Waals surface area contributed by atoms with Gasteiger partial charge in [0.25, 0.3) is 5.78 Å². The summed E-state index contributed by atoms with van der Waals surface area (Å²) in [7, 11) is 1.91. The van der Waals surface area contributed by atoms with Gasteiger partial charge in [0.2, 0.25) is 0 Å². The van der Waals surface area contributed by atoms with Crippen molar-refractivity contribution in [1.82, 2.24) is 19.6 Å². The fourth-order valence-electron chi connectivity index (χ4n) is 3.16. The van der Waals surface area contributed by atoms with E-state index in [4.69, 9.17) is 4.74 Å². The molecular formula is C17H20N6O. The Balaban J connectivity index is 1.49. The Hall–Kier alpha value is -2.83. The lowest BCUT2D eigenvalue weighted by Crippen LogP contribution is -2.35. The first-order chi connectivity index (χ1) is 11.8. The fraction of sp³-hybridized carbons (Fsp3) is 0.353. The van der Waals surface area contributed by atoms with E-state index in [0.29, 0.717) is 18.4 Å². The van der Waals surface area contributed by atoms with E-state index < -0.39 is 0 Å². The normalized spacial score (nSPS) is 17.4. The first kappa shape index (κ1) is 14.7. The molecule has 0 radical (unpaired) electrons. The van der Waals surface area contributed by atoms with Crippen molar-refractivity contribution in [2.75, 3.05) is 30.4 Å². The van der Waals surface area contributed by atoms with Crippen LogP contribution in [0.4, 0.5) is 11.5 Å². The van der Waals surface area contributed by atoms with Crippen molar-refractivity contribution in [3.05, 3.63) is 42.9 Å². The number of hydrogen-bond acceptors (Lipinski definition) is 6. The fourth-order valence-corrected chi connectivity index (χ4v) is 3.16. The van der Waals surface area contributed by atoms with Gasteiger partial charge in [-0.05, 0) is 43.2 Å². The topological polar surface area (TPSA) is 67.6 Å². The minimum Gasteiger partial charge on any atom is -0.491 e. The van der Waals surface area contributed by atoms with Crippen LogP contribution in [-0.2, 0) is 0 Å². The van der Waals surface area contributed by atoms with Crippen LogP contribution in [0.1, 0.15) is 12.8 Å². The Labute approximate surface area is 140 Å². The lowest BCUT2D eigenvalue weighted by atomic mass is 10.2. The van der Waals surface area contributed by atoms with Gasteiger partial charge in [-0.3, -0.25) is 0 Å². The predicted molar refractivity (Wildman–Crippen MR) is 92.6 cm³/mol. The molecule has 1 aliphatic heterocycles. The third-order valence-electron chi connectivity index (χ3n) is 4.42. The van der Waals surface area contributed by atoms with E-state index >= 15 is 0 Å². The van der Waals surface area contributed by atoms with Crippen molar-refractivity contribution in [1.29, 1.82) is 0 Å². The van der Waals surface area contributed by atoms with E-state index in [-0.39, 0.29) is 0 Å². The number of rotatable bonds is 5. The molecular weight excluding hydrogens is 304 g/mol. The molecule has 1 aliphatic rings. The zero-order valence-electron chi connectivity index (χ0n) is 13.6. The highest BCUT2D eigenvalue weighted by atomic mass is 16.5. The number of aromatic nitrogens is 4. The van der Waals surface area contributed by atoms with Crippen LogP contribution in [0, 0.1) is 0 Å². The SMILES string of the molecule is CNc1ccc(OCC2CCCN2c2ccnc3ncnn23)cc1. The van der Waals surface area contributed by atoms with Gasteiger partial charge in [-0.25, -0.2) is 4.98 Å². The molecule has 1 aromatic carbocycles. The van der Waals surface area contributed by atoms with Gasteiger partial charge in [0, 0.05) is 25.5 Å². The summed E-state index contributed by atoms with van der Waals surface area (Å²) < 4.78 is 7.80. The second-order valence-electron chi connectivity index (χ2n) is 5.85. The molecule has 0 spiro atoms. The van der Waals surface area contributed by atoms with E-state index in [0.717, 1.165) is 36.6 Å². The Morgan fingerprint density at radius 3 is 2.92 bits per heavy atom. The molecule has 7 heteroatoms. The summed E-state index contributed by atoms with van der Waals surface area (Å²) >= 11 is 0. The van der Waals surface area contributed by atoms with Crippen LogP contribution in [0.25, 0.3) is 5.78 Å². The molecule has 7 nitrogen and oxygen atoms in total. The van der Waals surface area contributed by atoms with Crippen molar-refractivity contribution >= 4 is 17.3 Å². The van der Waals surface area contributed by atoms with E-state index in [1.54, 1.807) is 10.7 Å². The number of benzene rings is 1. The van der Waals surface area contributed by atoms with Crippen LogP contribution in [0.3, 0.4) is 0 Å². The quantitative estimate of drug-likeness (QED) is 0.776. The molecule has 0 aliphatic carbocycles. The summed E-state index contributed by atoms with van der Waals surface area (Å²) in [6.45, 7) is 1.64. The van der Waals surface area contributed by atoms with Crippen LogP contribution in [0.2, 0.25) is 0 Å². The van der Waals surface area contributed by atoms with Crippen LogP contribution in [0.5, 0.6) is 5.75 Å². The molecule has 4 rings (SSSR count). The highest BCUT2D eigenvalue weighted by Crippen LogP contribution is 2.26. The summed E-state index contributed by atoms with van der Waals surface area (Å²) in [5, 5.41) is 7.40. The van der Waals surface area contributed by atoms with Crippen molar-refractivity contribution in [3.63, 3.8) is 0 Å². The molecule has 0 bridgehead atoms. The van der Waals surface area contributed by atoms with Crippen LogP contribution >= 0.6 is 0 Å². The Morgan fingerprint density at radius 1 is 1.21 bits per heavy atom. The van der Waals surface area contributed by atoms with Crippen molar-refractivity contribution in [2.45, 2.75) is 18.9 Å². The van der Waals surface area contributed by atoms with E-state index in [9.17, 15) is 0 Å². The summed E-state index contributed by atoms with van der Waals surface area (Å²) in [6.07, 6.45) is 5.57. The molecule has 124 valence electrons. The van der Waals surface area contributed by atoms with Crippen LogP contribution in [-0.4, -0.2) is 45.8 Å². The lowest BCUT2D eigenvalue weighted by Gasteiger charge is -2.26. The average Bonchev–Trinajstić information content (AvgIpc) is 3.29. The minimum atomic E-state index is 0.323. The van der Waals surface area contributed by atoms with Crippen LogP contribution < -0.4 is 15.0 Å². The first-order valence-corrected chi connectivity index (χ1v) is 8.17. The standard InChI is InChI=1S/C17H20N6O/c1-18-13-4-6-15(7-5-13)24-11-14-3-2-10-22(14)16-8-9-19-17-20-12-21-23(16)17/h4-9,12,14,18H,2-3,10-11H2,1H3. The monoisotopic (exact) mass is 324 g/mol. The summed E-state index contributed by atoms with van der Waals surface area (Å²) in [4.78, 5) is 10.7. The molecule has 24 heavy (non-hydrogen) atoms. The molecule has 3 heterocycles. The van der Waals surface area contributed by atoms with Crippen molar-refractivity contribution in [3.8, 4) is 5.75 Å². The first-order valence-electron chi connectivity index (χ1n) is 8.17. The maximum absolute atomic E-state index is 6.00. The average molecular weight is 324 g/mol. The highest BCUT2D eigenvalue weighted by molar-refractivity contribution is 5.47. The molecule has 1 atom stereocenters. The molecule has 0 amide bonds. The second kappa shape index (κ2) is 6.35. The zero-order chi connectivity index (χ0) is 16.4. The van der Waals surface area contributed by atoms with Crippen molar-refractivity contribution < 1.29 is 4.74 Å². The highest BCUT2D eigenvalue weighted by Gasteiger charge is 2.27. The third-order valence-corrected chi connectivity index (χ3v) is 4.42. The van der Waals surface area contributed by atoms with Gasteiger partial charge in [-0.1, -0.05) is 0 Å². The zero-order valence-corrected chi connectivity index (χ0v) is 13.6. The maximum Gasteiger partial charge on any atom is 0.254 e. The van der Waals surface area contributed by atoms with Crippen molar-refractivity contribution in [2.24, 2.45) is 0 Å². The molecule has 3 aromatic rings. The summed E-state index contributed by atoms with van der Waals surface area (Å²) in [5.74, 6) is 2.54. The van der Waals surface area contributed by atoms with Gasteiger partial charge in [-0.2, -0.15) is 14.6 Å². The summed E-state index contributed by atoms with van der Waals surface area (Å²) in [5.41, 5.74) is 1.08. The molecule has 1 N–H and O–H groups in total. The van der Waals surface area contributed by atoms with E-state index in [1.165, 1.54) is 6.33 Å². The number of nitrogens with zero attached hydrogens (tertiary/aromatic N) is 5. The smallest absolute Gasteiger partial charge is 0.254 e. The Kier molecular flexibility index (Phi) is 3.90. The molecule has 0 saturated carbocycles. The lowest BCUT2D eigenvalue weighted by molar-refractivity contribution is 0.288. The number of hydrogen-bond donors (Lipinski definition) is 1. The molecule has 1 saturated heterocycles. The Bertz CT molecular complexity index is 815. The third kappa shape index (κ3) is 2.73. The number of nitrogens with one attached hydrogen (secondary N) is 1. The number of fused-ring (bicyclic) bond motifs is 1. The van der Waals surface area contributed by atoms with Gasteiger partial charge >= 0.3 is 0 Å². The van der Waals surface area contributed by atoms with E-state index in [2.05, 4.69) is 25.3 Å². The largest absolute Gasteiger partial charge is 0.491 e. The van der Waals surface area contributed by atoms with Gasteiger partial charge in [0.15, 0.2) is 0 Å². The Morgan fingerprint density at radius 2 is 2.08 bits per heavy atom. The van der Waals surface area contributed by atoms with E-state index in [1.807, 2.05) is 37.4 Å². The number of ether oxygens (including phenoxy) is 1. The minimum absolute atomic E-state index is 0.323.